The van der Waals surface area contributed by atoms with E-state index in [1.54, 1.807) is 0 Å². The van der Waals surface area contributed by atoms with E-state index in [9.17, 15) is 9.59 Å². The van der Waals surface area contributed by atoms with Gasteiger partial charge in [0.1, 0.15) is 0 Å². The van der Waals surface area contributed by atoms with E-state index >= 15 is 0 Å². The molecule has 0 saturated heterocycles. The molecule has 0 aliphatic heterocycles. The van der Waals surface area contributed by atoms with Crippen molar-refractivity contribution in [3.05, 3.63) is 0 Å². The second-order valence-corrected chi connectivity index (χ2v) is 6.03. The Bertz CT molecular complexity index is 266. The Hall–Kier alpha value is -0.541. The summed E-state index contributed by atoms with van der Waals surface area (Å²) in [6, 6.07) is 0. The molecule has 0 aliphatic carbocycles. The van der Waals surface area contributed by atoms with E-state index in [0.29, 0.717) is 0 Å². The summed E-state index contributed by atoms with van der Waals surface area (Å²) in [4.78, 5) is 23.7. The van der Waals surface area contributed by atoms with Crippen molar-refractivity contribution in [2.45, 2.75) is 79.1 Å². The molecule has 4 nitrogen and oxygen atoms in total. The first-order valence-electron chi connectivity index (χ1n) is 8.16. The normalized spacial score (nSPS) is 13.5. The quantitative estimate of drug-likeness (QED) is 0.493. The van der Waals surface area contributed by atoms with Crippen molar-refractivity contribution >= 4 is 11.9 Å². The minimum absolute atomic E-state index is 0.0702. The van der Waals surface area contributed by atoms with Crippen LogP contribution in [0.1, 0.15) is 79.1 Å². The predicted molar refractivity (Wildman–Crippen MR) is 78.8 cm³/mol. The molecule has 0 aromatic carbocycles. The van der Waals surface area contributed by atoms with Gasteiger partial charge in [-0.2, -0.15) is 0 Å². The molecule has 0 radical (unpaired) electrons. The first-order valence-corrected chi connectivity index (χ1v) is 9.13. The summed E-state index contributed by atoms with van der Waals surface area (Å²) < 4.78 is 10.2. The zero-order valence-electron chi connectivity index (χ0n) is 13.8. The van der Waals surface area contributed by atoms with Gasteiger partial charge in [0, 0.05) is 0 Å². The third-order valence-electron chi connectivity index (χ3n) is 3.68. The Morgan fingerprint density at radius 2 is 1.19 bits per heavy atom. The standard InChI is InChI=1S/2C8H16O2.Mn/c2*1-3-5-6-7(4-2)8(9)10;/h2*7H,3-6H2,1-2H3,(H,9,10);/q;;+2/p-2. The van der Waals surface area contributed by atoms with Crippen LogP contribution in [0.25, 0.3) is 0 Å². The zero-order chi connectivity index (χ0) is 16.1. The monoisotopic (exact) mass is 341 g/mol. The Morgan fingerprint density at radius 3 is 1.48 bits per heavy atom. The second kappa shape index (κ2) is 13.1. The number of carbonyl (C=O) groups excluding carboxylic acids is 2. The SMILES string of the molecule is CCCCC(CC)C(=O)[O][Mn][O]C(=O)C(CC)CCCC. The molecule has 0 aliphatic rings. The van der Waals surface area contributed by atoms with Crippen LogP contribution in [0.3, 0.4) is 0 Å². The summed E-state index contributed by atoms with van der Waals surface area (Å²) in [6.45, 7) is 8.16. The van der Waals surface area contributed by atoms with E-state index in [4.69, 9.17) is 7.64 Å². The van der Waals surface area contributed by atoms with Gasteiger partial charge in [0.05, 0.1) is 0 Å². The molecule has 2 atom stereocenters. The number of rotatable bonds is 12. The summed E-state index contributed by atoms with van der Waals surface area (Å²) in [6.07, 6.45) is 7.40. The fraction of sp³-hybridized carbons (Fsp3) is 0.875. The molecule has 0 rings (SSSR count). The van der Waals surface area contributed by atoms with Crippen LogP contribution >= 0.6 is 0 Å². The topological polar surface area (TPSA) is 52.6 Å². The van der Waals surface area contributed by atoms with Crippen molar-refractivity contribution in [1.29, 1.82) is 0 Å². The Kier molecular flexibility index (Phi) is 12.8. The van der Waals surface area contributed by atoms with Crippen LogP contribution in [0.15, 0.2) is 0 Å². The van der Waals surface area contributed by atoms with Gasteiger partial charge in [-0.3, -0.25) is 0 Å². The van der Waals surface area contributed by atoms with Crippen LogP contribution in [0, 0.1) is 11.8 Å². The van der Waals surface area contributed by atoms with Crippen molar-refractivity contribution in [2.24, 2.45) is 11.8 Å². The van der Waals surface area contributed by atoms with Crippen molar-refractivity contribution in [2.75, 3.05) is 0 Å². The van der Waals surface area contributed by atoms with Crippen LogP contribution in [0.4, 0.5) is 0 Å². The van der Waals surface area contributed by atoms with Gasteiger partial charge >= 0.3 is 136 Å². The summed E-state index contributed by atoms with van der Waals surface area (Å²) in [5, 5.41) is 0. The van der Waals surface area contributed by atoms with Crippen molar-refractivity contribution in [1.82, 2.24) is 0 Å². The molecule has 125 valence electrons. The molecule has 0 heterocycles. The van der Waals surface area contributed by atoms with Crippen molar-refractivity contribution in [3.8, 4) is 0 Å². The van der Waals surface area contributed by atoms with Gasteiger partial charge < -0.3 is 0 Å². The van der Waals surface area contributed by atoms with E-state index in [1.807, 2.05) is 13.8 Å². The van der Waals surface area contributed by atoms with Gasteiger partial charge in [0.15, 0.2) is 0 Å². The third-order valence-corrected chi connectivity index (χ3v) is 4.35. The Morgan fingerprint density at radius 1 is 0.810 bits per heavy atom. The molecule has 0 bridgehead atoms. The van der Waals surface area contributed by atoms with E-state index in [-0.39, 0.29) is 23.8 Å². The van der Waals surface area contributed by atoms with Gasteiger partial charge in [-0.1, -0.05) is 0 Å². The average Bonchev–Trinajstić information content (AvgIpc) is 2.48. The van der Waals surface area contributed by atoms with E-state index in [0.717, 1.165) is 51.4 Å². The maximum absolute atomic E-state index is 11.9. The molecule has 0 fully saturated rings. The number of hydrogen-bond acceptors (Lipinski definition) is 4. The van der Waals surface area contributed by atoms with Crippen LogP contribution in [-0.2, 0) is 32.8 Å². The summed E-state index contributed by atoms with van der Waals surface area (Å²) >= 11 is -0.537. The molecule has 0 N–H and O–H groups in total. The molecule has 5 heteroatoms. The van der Waals surface area contributed by atoms with E-state index < -0.39 is 15.6 Å². The number of unbranched alkanes of at least 4 members (excludes halogenated alkanes) is 2. The predicted octanol–water partition coefficient (Wildman–Crippen LogP) is 4.42. The summed E-state index contributed by atoms with van der Waals surface area (Å²) in [7, 11) is 0. The molecule has 2 unspecified atom stereocenters. The fourth-order valence-electron chi connectivity index (χ4n) is 2.08. The average molecular weight is 341 g/mol. The molecule has 0 spiro atoms. The van der Waals surface area contributed by atoms with Gasteiger partial charge in [0.25, 0.3) is 0 Å². The molecular formula is C16H30MnO4. The number of hydrogen-bond donors (Lipinski definition) is 0. The van der Waals surface area contributed by atoms with Crippen LogP contribution in [0.2, 0.25) is 0 Å². The van der Waals surface area contributed by atoms with Crippen LogP contribution in [0.5, 0.6) is 0 Å². The van der Waals surface area contributed by atoms with Crippen molar-refractivity contribution in [3.63, 3.8) is 0 Å². The molecule has 0 aromatic heterocycles. The fourth-order valence-corrected chi connectivity index (χ4v) is 2.72. The molecule has 21 heavy (non-hydrogen) atoms. The van der Waals surface area contributed by atoms with Gasteiger partial charge in [-0.05, 0) is 0 Å². The van der Waals surface area contributed by atoms with Crippen LogP contribution < -0.4 is 0 Å². The van der Waals surface area contributed by atoms with E-state index in [1.165, 1.54) is 0 Å². The minimum atomic E-state index is -0.537. The first kappa shape index (κ1) is 20.5. The van der Waals surface area contributed by atoms with Crippen LogP contribution in [-0.4, -0.2) is 11.9 Å². The Labute approximate surface area is 136 Å². The Balaban J connectivity index is 4.04. The van der Waals surface area contributed by atoms with E-state index in [2.05, 4.69) is 13.8 Å². The van der Waals surface area contributed by atoms with Gasteiger partial charge in [-0.15, -0.1) is 0 Å². The summed E-state index contributed by atoms with van der Waals surface area (Å²) in [5.74, 6) is -0.612. The third kappa shape index (κ3) is 9.15. The second-order valence-electron chi connectivity index (χ2n) is 5.35. The number of carbonyl (C=O) groups is 2. The summed E-state index contributed by atoms with van der Waals surface area (Å²) in [5.41, 5.74) is 0. The zero-order valence-corrected chi connectivity index (χ0v) is 15.0. The van der Waals surface area contributed by atoms with Crippen molar-refractivity contribution < 1.29 is 32.8 Å². The van der Waals surface area contributed by atoms with Gasteiger partial charge in [-0.25, -0.2) is 0 Å². The molecular weight excluding hydrogens is 311 g/mol. The maximum atomic E-state index is 11.9. The first-order chi connectivity index (χ1) is 10.1. The molecule has 0 aromatic rings. The molecule has 0 amide bonds. The molecule has 0 saturated carbocycles. The van der Waals surface area contributed by atoms with Gasteiger partial charge in [0.2, 0.25) is 0 Å².